The Morgan fingerprint density at radius 1 is 1.31 bits per heavy atom. The van der Waals surface area contributed by atoms with E-state index < -0.39 is 24.0 Å². The number of aliphatic hydroxyl groups is 1. The first-order chi connectivity index (χ1) is 12.3. The summed E-state index contributed by atoms with van der Waals surface area (Å²) in [4.78, 5) is 23.5. The summed E-state index contributed by atoms with van der Waals surface area (Å²) in [5.74, 6) is -0.252. The van der Waals surface area contributed by atoms with Crippen molar-refractivity contribution in [2.75, 3.05) is 6.54 Å². The van der Waals surface area contributed by atoms with Crippen LogP contribution in [-0.4, -0.2) is 44.7 Å². The number of carbonyl (C=O) groups is 1. The van der Waals surface area contributed by atoms with Crippen molar-refractivity contribution in [1.29, 1.82) is 0 Å². The summed E-state index contributed by atoms with van der Waals surface area (Å²) in [7, 11) is 0. The smallest absolute Gasteiger partial charge is 0.392 e. The second-order valence-electron chi connectivity index (χ2n) is 5.89. The summed E-state index contributed by atoms with van der Waals surface area (Å²) >= 11 is 0. The number of pyridine rings is 1. The molecule has 0 saturated carbocycles. The molecule has 0 aliphatic carbocycles. The van der Waals surface area contributed by atoms with Crippen LogP contribution in [0.3, 0.4) is 0 Å². The van der Waals surface area contributed by atoms with Crippen LogP contribution in [0.15, 0.2) is 30.7 Å². The number of aromatic nitrogens is 3. The molecule has 2 aromatic heterocycles. The minimum Gasteiger partial charge on any atom is -0.392 e. The molecule has 2 unspecified atom stereocenters. The molecule has 3 heterocycles. The average molecular weight is 367 g/mol. The number of nitrogens with zero attached hydrogens (tertiary/aromatic N) is 3. The van der Waals surface area contributed by atoms with Gasteiger partial charge in [-0.1, -0.05) is 0 Å². The molecule has 3 rings (SSSR count). The zero-order valence-electron chi connectivity index (χ0n) is 13.5. The van der Waals surface area contributed by atoms with Gasteiger partial charge in [0.25, 0.3) is 0 Å². The van der Waals surface area contributed by atoms with Crippen molar-refractivity contribution in [1.82, 2.24) is 25.6 Å². The molecule has 0 radical (unpaired) electrons. The summed E-state index contributed by atoms with van der Waals surface area (Å²) in [5, 5.41) is 15.0. The molecule has 0 bridgehead atoms. The van der Waals surface area contributed by atoms with Gasteiger partial charge in [0.1, 0.15) is 12.0 Å². The minimum atomic E-state index is -4.50. The number of nitrogens with one attached hydrogen (secondary N) is 2. The van der Waals surface area contributed by atoms with Gasteiger partial charge in [0.05, 0.1) is 30.1 Å². The van der Waals surface area contributed by atoms with Crippen LogP contribution in [-0.2, 0) is 17.5 Å². The molecule has 1 fully saturated rings. The fraction of sp³-hybridized carbons (Fsp3) is 0.375. The van der Waals surface area contributed by atoms with E-state index in [0.717, 1.165) is 12.3 Å². The molecule has 0 aromatic carbocycles. The minimum absolute atomic E-state index is 0.136. The molecular formula is C16H16F3N5O2. The maximum atomic E-state index is 12.6. The molecule has 7 nitrogen and oxygen atoms in total. The standard InChI is InChI=1S/C16H16F3N5O2/c17-16(18,19)14-2-1-9(5-21-14)12-3-10(23-8-24-12)6-22-15(26)13-4-11(25)7-20-13/h1-3,5,8,11,13,20,25H,4,6-7H2,(H,22,26). The lowest BCUT2D eigenvalue weighted by atomic mass is 10.1. The van der Waals surface area contributed by atoms with Gasteiger partial charge in [-0.3, -0.25) is 9.78 Å². The maximum absolute atomic E-state index is 12.6. The van der Waals surface area contributed by atoms with Crippen LogP contribution in [0.2, 0.25) is 0 Å². The van der Waals surface area contributed by atoms with Crippen LogP contribution in [0, 0.1) is 0 Å². The van der Waals surface area contributed by atoms with E-state index in [0.29, 0.717) is 29.9 Å². The number of amides is 1. The number of aliphatic hydroxyl groups excluding tert-OH is 1. The second-order valence-corrected chi connectivity index (χ2v) is 5.89. The third kappa shape index (κ3) is 4.33. The second kappa shape index (κ2) is 7.34. The fourth-order valence-electron chi connectivity index (χ4n) is 2.58. The van der Waals surface area contributed by atoms with E-state index in [1.54, 1.807) is 6.07 Å². The Balaban J connectivity index is 1.65. The molecular weight excluding hydrogens is 351 g/mol. The van der Waals surface area contributed by atoms with Crippen molar-refractivity contribution in [3.05, 3.63) is 42.1 Å². The van der Waals surface area contributed by atoms with Crippen molar-refractivity contribution in [3.8, 4) is 11.3 Å². The number of halogens is 3. The summed E-state index contributed by atoms with van der Waals surface area (Å²) in [6.45, 7) is 0.507. The molecule has 1 amide bonds. The first kappa shape index (κ1) is 18.2. The van der Waals surface area contributed by atoms with Gasteiger partial charge < -0.3 is 15.7 Å². The highest BCUT2D eigenvalue weighted by Gasteiger charge is 2.32. The molecule has 1 saturated heterocycles. The fourth-order valence-corrected chi connectivity index (χ4v) is 2.58. The largest absolute Gasteiger partial charge is 0.433 e. The van der Waals surface area contributed by atoms with E-state index in [1.807, 2.05) is 0 Å². The molecule has 2 atom stereocenters. The van der Waals surface area contributed by atoms with Gasteiger partial charge >= 0.3 is 6.18 Å². The molecule has 26 heavy (non-hydrogen) atoms. The van der Waals surface area contributed by atoms with Crippen LogP contribution in [0.5, 0.6) is 0 Å². The summed E-state index contributed by atoms with van der Waals surface area (Å²) in [6.07, 6.45) is -2.33. The first-order valence-electron chi connectivity index (χ1n) is 7.86. The Bertz CT molecular complexity index is 782. The van der Waals surface area contributed by atoms with Crippen LogP contribution in [0.4, 0.5) is 13.2 Å². The maximum Gasteiger partial charge on any atom is 0.433 e. The SMILES string of the molecule is O=C(NCc1cc(-c2ccc(C(F)(F)F)nc2)ncn1)C1CC(O)CN1. The Hall–Kier alpha value is -2.59. The molecule has 3 N–H and O–H groups in total. The Morgan fingerprint density at radius 2 is 2.12 bits per heavy atom. The molecule has 138 valence electrons. The lowest BCUT2D eigenvalue weighted by Crippen LogP contribution is -2.40. The van der Waals surface area contributed by atoms with Crippen molar-refractivity contribution in [2.45, 2.75) is 31.3 Å². The molecule has 0 spiro atoms. The predicted molar refractivity (Wildman–Crippen MR) is 84.5 cm³/mol. The van der Waals surface area contributed by atoms with E-state index in [2.05, 4.69) is 25.6 Å². The Morgan fingerprint density at radius 3 is 2.73 bits per heavy atom. The van der Waals surface area contributed by atoms with Crippen molar-refractivity contribution in [2.24, 2.45) is 0 Å². The lowest BCUT2D eigenvalue weighted by Gasteiger charge is -2.11. The van der Waals surface area contributed by atoms with Gasteiger partial charge in [-0.15, -0.1) is 0 Å². The zero-order valence-corrected chi connectivity index (χ0v) is 13.5. The molecule has 1 aliphatic heterocycles. The number of carbonyl (C=O) groups excluding carboxylic acids is 1. The van der Waals surface area contributed by atoms with E-state index in [4.69, 9.17) is 0 Å². The normalized spacial score (nSPS) is 20.2. The number of alkyl halides is 3. The highest BCUT2D eigenvalue weighted by atomic mass is 19.4. The first-order valence-corrected chi connectivity index (χ1v) is 7.86. The highest BCUT2D eigenvalue weighted by molar-refractivity contribution is 5.82. The van der Waals surface area contributed by atoms with Crippen LogP contribution >= 0.6 is 0 Å². The summed E-state index contributed by atoms with van der Waals surface area (Å²) < 4.78 is 37.7. The average Bonchev–Trinajstić information content (AvgIpc) is 3.06. The zero-order chi connectivity index (χ0) is 18.7. The molecule has 10 heteroatoms. The van der Waals surface area contributed by atoms with Crippen molar-refractivity contribution in [3.63, 3.8) is 0 Å². The van der Waals surface area contributed by atoms with Crippen molar-refractivity contribution >= 4 is 5.91 Å². The monoisotopic (exact) mass is 367 g/mol. The lowest BCUT2D eigenvalue weighted by molar-refractivity contribution is -0.141. The van der Waals surface area contributed by atoms with E-state index in [9.17, 15) is 23.1 Å². The predicted octanol–water partition coefficient (Wildman–Crippen LogP) is 0.896. The number of hydrogen-bond donors (Lipinski definition) is 3. The number of β-amino-alcohol motifs (C(OH)–C–C–N with tert-alkyl or cyclic N) is 1. The van der Waals surface area contributed by atoms with Crippen LogP contribution < -0.4 is 10.6 Å². The molecule has 1 aliphatic rings. The van der Waals surface area contributed by atoms with Gasteiger partial charge in [-0.05, 0) is 24.6 Å². The molecule has 2 aromatic rings. The Labute approximate surface area is 146 Å². The van der Waals surface area contributed by atoms with Gasteiger partial charge in [-0.25, -0.2) is 9.97 Å². The van der Waals surface area contributed by atoms with E-state index >= 15 is 0 Å². The summed E-state index contributed by atoms with van der Waals surface area (Å²) in [5.41, 5.74) is 0.337. The van der Waals surface area contributed by atoms with E-state index in [-0.39, 0.29) is 12.5 Å². The summed E-state index contributed by atoms with van der Waals surface area (Å²) in [6, 6.07) is 3.28. The number of rotatable bonds is 4. The topological polar surface area (TPSA) is 100 Å². The van der Waals surface area contributed by atoms with E-state index in [1.165, 1.54) is 12.4 Å². The third-order valence-electron chi connectivity index (χ3n) is 3.94. The van der Waals surface area contributed by atoms with Gasteiger partial charge in [0.15, 0.2) is 0 Å². The highest BCUT2D eigenvalue weighted by Crippen LogP contribution is 2.28. The van der Waals surface area contributed by atoms with Crippen LogP contribution in [0.25, 0.3) is 11.3 Å². The third-order valence-corrected chi connectivity index (χ3v) is 3.94. The van der Waals surface area contributed by atoms with Crippen LogP contribution in [0.1, 0.15) is 17.8 Å². The number of hydrogen-bond acceptors (Lipinski definition) is 6. The van der Waals surface area contributed by atoms with Crippen molar-refractivity contribution < 1.29 is 23.1 Å². The van der Waals surface area contributed by atoms with Gasteiger partial charge in [-0.2, -0.15) is 13.2 Å². The van der Waals surface area contributed by atoms with Gasteiger partial charge in [0, 0.05) is 18.3 Å². The Kier molecular flexibility index (Phi) is 5.14. The quantitative estimate of drug-likeness (QED) is 0.742. The van der Waals surface area contributed by atoms with Gasteiger partial charge in [0.2, 0.25) is 5.91 Å².